The third-order valence-electron chi connectivity index (χ3n) is 3.86. The number of nitrogens with zero attached hydrogens (tertiary/aromatic N) is 2. The number of hydrogen-bond acceptors (Lipinski definition) is 6. The first-order valence-corrected chi connectivity index (χ1v) is 8.44. The van der Waals surface area contributed by atoms with Gasteiger partial charge in [0, 0.05) is 5.69 Å². The second-order valence-corrected chi connectivity index (χ2v) is 5.85. The standard InChI is InChI=1S/C20H19FN4O3/c1-27-16-8-3-13(11-17(16)28-2)12-20(26)23-19-10-9-18(24-25-19)22-15-6-4-14(21)5-7-15/h3-11H,12H2,1-2H3,(H,22,24)(H,23,25,26). The summed E-state index contributed by atoms with van der Waals surface area (Å²) in [4.78, 5) is 12.2. The van der Waals surface area contributed by atoms with E-state index in [9.17, 15) is 9.18 Å². The van der Waals surface area contributed by atoms with Gasteiger partial charge in [0.2, 0.25) is 5.91 Å². The number of aromatic nitrogens is 2. The van der Waals surface area contributed by atoms with Gasteiger partial charge in [-0.2, -0.15) is 0 Å². The maximum absolute atomic E-state index is 12.9. The Balaban J connectivity index is 1.59. The number of carbonyl (C=O) groups is 1. The summed E-state index contributed by atoms with van der Waals surface area (Å²) in [6, 6.07) is 14.5. The molecule has 7 nitrogen and oxygen atoms in total. The minimum atomic E-state index is -0.316. The Labute approximate surface area is 161 Å². The molecule has 0 radical (unpaired) electrons. The van der Waals surface area contributed by atoms with Crippen molar-refractivity contribution in [2.24, 2.45) is 0 Å². The van der Waals surface area contributed by atoms with Gasteiger partial charge in [-0.15, -0.1) is 10.2 Å². The van der Waals surface area contributed by atoms with Gasteiger partial charge in [0.15, 0.2) is 23.1 Å². The van der Waals surface area contributed by atoms with Crippen molar-refractivity contribution in [3.05, 3.63) is 66.0 Å². The molecule has 0 aliphatic carbocycles. The zero-order chi connectivity index (χ0) is 19.9. The van der Waals surface area contributed by atoms with Gasteiger partial charge < -0.3 is 20.1 Å². The molecule has 0 atom stereocenters. The molecule has 2 aromatic carbocycles. The van der Waals surface area contributed by atoms with Crippen molar-refractivity contribution in [3.8, 4) is 11.5 Å². The van der Waals surface area contributed by atoms with E-state index in [1.165, 1.54) is 12.1 Å². The van der Waals surface area contributed by atoms with E-state index in [4.69, 9.17) is 9.47 Å². The van der Waals surface area contributed by atoms with E-state index in [1.54, 1.807) is 56.7 Å². The van der Waals surface area contributed by atoms with Crippen LogP contribution in [0.2, 0.25) is 0 Å². The van der Waals surface area contributed by atoms with Crippen molar-refractivity contribution in [3.63, 3.8) is 0 Å². The highest BCUT2D eigenvalue weighted by atomic mass is 19.1. The summed E-state index contributed by atoms with van der Waals surface area (Å²) in [5.74, 6) is 1.41. The molecule has 0 saturated carbocycles. The molecule has 28 heavy (non-hydrogen) atoms. The van der Waals surface area contributed by atoms with Crippen molar-refractivity contribution in [1.82, 2.24) is 10.2 Å². The minimum Gasteiger partial charge on any atom is -0.493 e. The number of halogens is 1. The molecule has 144 valence electrons. The van der Waals surface area contributed by atoms with Gasteiger partial charge in [-0.3, -0.25) is 4.79 Å². The first kappa shape index (κ1) is 19.1. The molecule has 3 rings (SSSR count). The second-order valence-electron chi connectivity index (χ2n) is 5.85. The average molecular weight is 382 g/mol. The van der Waals surface area contributed by atoms with Gasteiger partial charge in [0.1, 0.15) is 5.82 Å². The van der Waals surface area contributed by atoms with Gasteiger partial charge >= 0.3 is 0 Å². The van der Waals surface area contributed by atoms with Crippen LogP contribution < -0.4 is 20.1 Å². The molecule has 8 heteroatoms. The van der Waals surface area contributed by atoms with E-state index in [2.05, 4.69) is 20.8 Å². The topological polar surface area (TPSA) is 85.4 Å². The van der Waals surface area contributed by atoms with Gasteiger partial charge in [0.25, 0.3) is 0 Å². The highest BCUT2D eigenvalue weighted by Crippen LogP contribution is 2.27. The van der Waals surface area contributed by atoms with Gasteiger partial charge in [-0.25, -0.2) is 4.39 Å². The number of hydrogen-bond donors (Lipinski definition) is 2. The van der Waals surface area contributed by atoms with E-state index < -0.39 is 0 Å². The lowest BCUT2D eigenvalue weighted by molar-refractivity contribution is -0.115. The summed E-state index contributed by atoms with van der Waals surface area (Å²) in [7, 11) is 3.09. The molecule has 0 aliphatic rings. The van der Waals surface area contributed by atoms with Crippen LogP contribution in [-0.4, -0.2) is 30.3 Å². The summed E-state index contributed by atoms with van der Waals surface area (Å²) in [6.45, 7) is 0. The Bertz CT molecular complexity index is 947. The van der Waals surface area contributed by atoms with Gasteiger partial charge in [-0.1, -0.05) is 6.07 Å². The zero-order valence-electron chi connectivity index (χ0n) is 15.4. The van der Waals surface area contributed by atoms with Gasteiger partial charge in [-0.05, 0) is 54.1 Å². The Kier molecular flexibility index (Phi) is 6.01. The summed E-state index contributed by atoms with van der Waals surface area (Å²) in [5.41, 5.74) is 1.46. The number of methoxy groups -OCH3 is 2. The number of carbonyl (C=O) groups excluding carboxylic acids is 1. The van der Waals surface area contributed by atoms with Crippen molar-refractivity contribution in [2.75, 3.05) is 24.9 Å². The summed E-state index contributed by atoms with van der Waals surface area (Å²) in [6.07, 6.45) is 0.150. The molecular formula is C20H19FN4O3. The number of nitrogens with one attached hydrogen (secondary N) is 2. The average Bonchev–Trinajstić information content (AvgIpc) is 2.71. The fourth-order valence-electron chi connectivity index (χ4n) is 2.51. The Hall–Kier alpha value is -3.68. The van der Waals surface area contributed by atoms with Crippen LogP contribution in [0.15, 0.2) is 54.6 Å². The Morgan fingerprint density at radius 2 is 1.61 bits per heavy atom. The molecule has 1 amide bonds. The third kappa shape index (κ3) is 4.94. The summed E-state index contributed by atoms with van der Waals surface area (Å²) < 4.78 is 23.3. The minimum absolute atomic E-state index is 0.150. The zero-order valence-corrected chi connectivity index (χ0v) is 15.4. The molecular weight excluding hydrogens is 363 g/mol. The molecule has 0 bridgehead atoms. The third-order valence-corrected chi connectivity index (χ3v) is 3.86. The van der Waals surface area contributed by atoms with Crippen LogP contribution in [0.4, 0.5) is 21.7 Å². The van der Waals surface area contributed by atoms with E-state index in [0.29, 0.717) is 28.8 Å². The molecule has 3 aromatic rings. The molecule has 0 spiro atoms. The SMILES string of the molecule is COc1ccc(CC(=O)Nc2ccc(Nc3ccc(F)cc3)nn2)cc1OC. The first-order valence-electron chi connectivity index (χ1n) is 8.44. The lowest BCUT2D eigenvalue weighted by Crippen LogP contribution is -2.15. The predicted molar refractivity (Wildman–Crippen MR) is 104 cm³/mol. The summed E-state index contributed by atoms with van der Waals surface area (Å²) >= 11 is 0. The van der Waals surface area contributed by atoms with E-state index in [0.717, 1.165) is 5.56 Å². The summed E-state index contributed by atoms with van der Waals surface area (Å²) in [5, 5.41) is 13.7. The molecule has 2 N–H and O–H groups in total. The fourth-order valence-corrected chi connectivity index (χ4v) is 2.51. The molecule has 1 heterocycles. The number of ether oxygens (including phenoxy) is 2. The van der Waals surface area contributed by atoms with E-state index >= 15 is 0 Å². The van der Waals surface area contributed by atoms with Gasteiger partial charge in [0.05, 0.1) is 20.6 Å². The van der Waals surface area contributed by atoms with E-state index in [-0.39, 0.29) is 18.1 Å². The van der Waals surface area contributed by atoms with Crippen LogP contribution in [0.3, 0.4) is 0 Å². The lowest BCUT2D eigenvalue weighted by Gasteiger charge is -2.10. The number of amides is 1. The highest BCUT2D eigenvalue weighted by molar-refractivity contribution is 5.91. The molecule has 0 saturated heterocycles. The number of benzene rings is 2. The van der Waals surface area contributed by atoms with Crippen LogP contribution in [0, 0.1) is 5.82 Å². The predicted octanol–water partition coefficient (Wildman–Crippen LogP) is 3.56. The quantitative estimate of drug-likeness (QED) is 0.650. The van der Waals surface area contributed by atoms with Crippen LogP contribution in [-0.2, 0) is 11.2 Å². The van der Waals surface area contributed by atoms with Crippen LogP contribution >= 0.6 is 0 Å². The lowest BCUT2D eigenvalue weighted by atomic mass is 10.1. The molecule has 0 unspecified atom stereocenters. The maximum Gasteiger partial charge on any atom is 0.229 e. The van der Waals surface area contributed by atoms with Crippen molar-refractivity contribution in [2.45, 2.75) is 6.42 Å². The van der Waals surface area contributed by atoms with Crippen molar-refractivity contribution in [1.29, 1.82) is 0 Å². The van der Waals surface area contributed by atoms with Crippen LogP contribution in [0.25, 0.3) is 0 Å². The Morgan fingerprint density at radius 3 is 2.25 bits per heavy atom. The van der Waals surface area contributed by atoms with Crippen molar-refractivity contribution >= 4 is 23.2 Å². The Morgan fingerprint density at radius 1 is 0.929 bits per heavy atom. The first-order chi connectivity index (χ1) is 13.6. The molecule has 0 fully saturated rings. The molecule has 0 aliphatic heterocycles. The second kappa shape index (κ2) is 8.81. The smallest absolute Gasteiger partial charge is 0.229 e. The number of anilines is 3. The maximum atomic E-state index is 12.9. The normalized spacial score (nSPS) is 10.2. The van der Waals surface area contributed by atoms with Crippen molar-refractivity contribution < 1.29 is 18.7 Å². The van der Waals surface area contributed by atoms with Crippen LogP contribution in [0.5, 0.6) is 11.5 Å². The van der Waals surface area contributed by atoms with E-state index in [1.807, 2.05) is 0 Å². The monoisotopic (exact) mass is 382 g/mol. The molecule has 1 aromatic heterocycles. The highest BCUT2D eigenvalue weighted by Gasteiger charge is 2.09. The van der Waals surface area contributed by atoms with Crippen LogP contribution in [0.1, 0.15) is 5.56 Å². The number of rotatable bonds is 7. The largest absolute Gasteiger partial charge is 0.493 e. The fraction of sp³-hybridized carbons (Fsp3) is 0.150.